The Hall–Kier alpha value is -3.58. The van der Waals surface area contributed by atoms with Gasteiger partial charge in [0.1, 0.15) is 6.04 Å². The highest BCUT2D eigenvalue weighted by Crippen LogP contribution is 2.26. The van der Waals surface area contributed by atoms with Crippen LogP contribution in [0.2, 0.25) is 0 Å². The van der Waals surface area contributed by atoms with E-state index in [2.05, 4.69) is 10.6 Å². The normalized spacial score (nSPS) is 17.1. The molecule has 0 radical (unpaired) electrons. The van der Waals surface area contributed by atoms with E-state index < -0.39 is 44.4 Å². The molecule has 2 amide bonds. The molecule has 12 heteroatoms. The molecule has 1 fully saturated rings. The molecule has 0 bridgehead atoms. The Morgan fingerprint density at radius 1 is 0.769 bits per heavy atom. The lowest BCUT2D eigenvalue weighted by Crippen LogP contribution is -2.60. The number of carbonyl (C=O) groups excluding carboxylic acids is 2. The van der Waals surface area contributed by atoms with Crippen LogP contribution in [0.4, 0.5) is 5.69 Å². The first kappa shape index (κ1) is 28.4. The molecule has 0 aromatic heterocycles. The van der Waals surface area contributed by atoms with Crippen molar-refractivity contribution in [3.8, 4) is 0 Å². The van der Waals surface area contributed by atoms with Crippen LogP contribution >= 0.6 is 0 Å². The topological polar surface area (TPSA) is 133 Å². The number of nitrogens with zero attached hydrogens (tertiary/aromatic N) is 2. The van der Waals surface area contributed by atoms with Gasteiger partial charge in [0.05, 0.1) is 21.0 Å². The maximum absolute atomic E-state index is 13.7. The van der Waals surface area contributed by atoms with Crippen LogP contribution in [-0.4, -0.2) is 69.0 Å². The number of rotatable bonds is 8. The fraction of sp³-hybridized carbons (Fsp3) is 0.259. The van der Waals surface area contributed by atoms with Gasteiger partial charge in [-0.25, -0.2) is 16.8 Å². The standard InChI is InChI=1S/C27H30N4O6S2/c1-20(2)28-26(32)23-15-9-10-16-24(23)29-27(33)25-19-30(38(34,35)21-11-5-3-6-12-21)17-18-31(25)39(36,37)22-13-7-4-8-14-22/h3-16,20,25H,17-19H2,1-2H3,(H,28,32)(H,29,33)/t25-/m1/s1. The average Bonchev–Trinajstić information content (AvgIpc) is 2.93. The van der Waals surface area contributed by atoms with Gasteiger partial charge in [0.25, 0.3) is 5.91 Å². The molecule has 1 saturated heterocycles. The number of hydrogen-bond acceptors (Lipinski definition) is 6. The Kier molecular flexibility index (Phi) is 8.50. The summed E-state index contributed by atoms with van der Waals surface area (Å²) >= 11 is 0. The van der Waals surface area contributed by atoms with E-state index in [-0.39, 0.29) is 40.2 Å². The fourth-order valence-corrected chi connectivity index (χ4v) is 7.33. The largest absolute Gasteiger partial charge is 0.350 e. The van der Waals surface area contributed by atoms with Crippen molar-refractivity contribution in [3.05, 3.63) is 90.5 Å². The van der Waals surface area contributed by atoms with Crippen LogP contribution in [-0.2, 0) is 24.8 Å². The minimum atomic E-state index is -4.15. The summed E-state index contributed by atoms with van der Waals surface area (Å²) in [5, 5.41) is 5.44. The van der Waals surface area contributed by atoms with E-state index in [0.29, 0.717) is 0 Å². The Bertz CT molecular complexity index is 1550. The average molecular weight is 571 g/mol. The maximum Gasteiger partial charge on any atom is 0.253 e. The molecular weight excluding hydrogens is 540 g/mol. The molecule has 10 nitrogen and oxygen atoms in total. The molecule has 39 heavy (non-hydrogen) atoms. The lowest BCUT2D eigenvalue weighted by atomic mass is 10.1. The van der Waals surface area contributed by atoms with Gasteiger partial charge in [0.2, 0.25) is 26.0 Å². The van der Waals surface area contributed by atoms with E-state index in [4.69, 9.17) is 0 Å². The molecule has 1 aliphatic heterocycles. The predicted molar refractivity (Wildman–Crippen MR) is 147 cm³/mol. The van der Waals surface area contributed by atoms with Crippen molar-refractivity contribution in [3.63, 3.8) is 0 Å². The van der Waals surface area contributed by atoms with Crippen molar-refractivity contribution < 1.29 is 26.4 Å². The molecule has 0 spiro atoms. The van der Waals surface area contributed by atoms with Gasteiger partial charge in [0, 0.05) is 25.7 Å². The molecule has 0 saturated carbocycles. The first-order valence-corrected chi connectivity index (χ1v) is 15.2. The number of anilines is 1. The minimum Gasteiger partial charge on any atom is -0.350 e. The smallest absolute Gasteiger partial charge is 0.253 e. The monoisotopic (exact) mass is 570 g/mol. The Morgan fingerprint density at radius 3 is 1.90 bits per heavy atom. The Labute approximate surface area is 228 Å². The molecule has 4 rings (SSSR count). The number of sulfonamides is 2. The molecule has 206 valence electrons. The number of piperazine rings is 1. The maximum atomic E-state index is 13.7. The number of nitrogens with one attached hydrogen (secondary N) is 2. The van der Waals surface area contributed by atoms with Crippen LogP contribution in [0.5, 0.6) is 0 Å². The second kappa shape index (κ2) is 11.7. The van der Waals surface area contributed by atoms with Crippen LogP contribution in [0.25, 0.3) is 0 Å². The summed E-state index contributed by atoms with van der Waals surface area (Å²) in [7, 11) is -8.15. The van der Waals surface area contributed by atoms with Crippen molar-refractivity contribution in [2.75, 3.05) is 25.0 Å². The third-order valence-corrected chi connectivity index (χ3v) is 9.98. The molecule has 3 aromatic carbocycles. The van der Waals surface area contributed by atoms with Gasteiger partial charge in [-0.1, -0.05) is 48.5 Å². The van der Waals surface area contributed by atoms with Gasteiger partial charge in [0.15, 0.2) is 0 Å². The molecule has 0 aliphatic carbocycles. The first-order valence-electron chi connectivity index (χ1n) is 12.3. The summed E-state index contributed by atoms with van der Waals surface area (Å²) in [5.41, 5.74) is 0.377. The minimum absolute atomic E-state index is 0.0149. The lowest BCUT2D eigenvalue weighted by molar-refractivity contribution is -0.120. The van der Waals surface area contributed by atoms with E-state index in [0.717, 1.165) is 8.61 Å². The number of amides is 2. The SMILES string of the molecule is CC(C)NC(=O)c1ccccc1NC(=O)[C@H]1CN(S(=O)(=O)c2ccccc2)CCN1S(=O)(=O)c1ccccc1. The highest BCUT2D eigenvalue weighted by Gasteiger charge is 2.43. The van der Waals surface area contributed by atoms with Crippen molar-refractivity contribution >= 4 is 37.5 Å². The van der Waals surface area contributed by atoms with Crippen LogP contribution in [0, 0.1) is 0 Å². The number of benzene rings is 3. The molecule has 1 heterocycles. The predicted octanol–water partition coefficient (Wildman–Crippen LogP) is 2.53. The Balaban J connectivity index is 1.70. The Morgan fingerprint density at radius 2 is 1.31 bits per heavy atom. The van der Waals surface area contributed by atoms with Crippen LogP contribution in [0.1, 0.15) is 24.2 Å². The van der Waals surface area contributed by atoms with Crippen LogP contribution < -0.4 is 10.6 Å². The molecule has 2 N–H and O–H groups in total. The van der Waals surface area contributed by atoms with E-state index in [9.17, 15) is 26.4 Å². The summed E-state index contributed by atoms with van der Waals surface area (Å²) in [6, 6.07) is 20.2. The quantitative estimate of drug-likeness (QED) is 0.428. The second-order valence-corrected chi connectivity index (χ2v) is 13.1. The third kappa shape index (κ3) is 6.19. The van der Waals surface area contributed by atoms with Gasteiger partial charge in [-0.2, -0.15) is 8.61 Å². The van der Waals surface area contributed by atoms with E-state index in [1.165, 1.54) is 30.3 Å². The summed E-state index contributed by atoms with van der Waals surface area (Å²) in [6.45, 7) is 2.82. The van der Waals surface area contributed by atoms with Gasteiger partial charge in [-0.05, 0) is 50.2 Å². The number of hydrogen-bond donors (Lipinski definition) is 2. The zero-order valence-corrected chi connectivity index (χ0v) is 23.2. The van der Waals surface area contributed by atoms with Crippen molar-refractivity contribution in [2.24, 2.45) is 0 Å². The van der Waals surface area contributed by atoms with E-state index in [1.807, 2.05) is 0 Å². The summed E-state index contributed by atoms with van der Waals surface area (Å²) in [5.74, 6) is -1.17. The second-order valence-electron chi connectivity index (χ2n) is 9.28. The highest BCUT2D eigenvalue weighted by molar-refractivity contribution is 7.89. The van der Waals surface area contributed by atoms with Crippen LogP contribution in [0.15, 0.2) is 94.7 Å². The van der Waals surface area contributed by atoms with E-state index >= 15 is 0 Å². The van der Waals surface area contributed by atoms with Crippen molar-refractivity contribution in [2.45, 2.75) is 35.7 Å². The third-order valence-electron chi connectivity index (χ3n) is 6.18. The molecular formula is C27H30N4O6S2. The van der Waals surface area contributed by atoms with Gasteiger partial charge < -0.3 is 10.6 Å². The van der Waals surface area contributed by atoms with Gasteiger partial charge >= 0.3 is 0 Å². The summed E-state index contributed by atoms with van der Waals surface area (Å²) in [4.78, 5) is 26.4. The van der Waals surface area contributed by atoms with E-state index in [1.54, 1.807) is 68.4 Å². The van der Waals surface area contributed by atoms with Crippen LogP contribution in [0.3, 0.4) is 0 Å². The summed E-state index contributed by atoms with van der Waals surface area (Å²) in [6.07, 6.45) is 0. The van der Waals surface area contributed by atoms with Gasteiger partial charge in [-0.15, -0.1) is 0 Å². The zero-order chi connectivity index (χ0) is 28.2. The molecule has 3 aromatic rings. The fourth-order valence-electron chi connectivity index (χ4n) is 4.28. The summed E-state index contributed by atoms with van der Waals surface area (Å²) < 4.78 is 56.0. The number of carbonyl (C=O) groups is 2. The lowest BCUT2D eigenvalue weighted by Gasteiger charge is -2.39. The first-order chi connectivity index (χ1) is 18.5. The zero-order valence-electron chi connectivity index (χ0n) is 21.5. The van der Waals surface area contributed by atoms with Gasteiger partial charge in [-0.3, -0.25) is 9.59 Å². The molecule has 0 unspecified atom stereocenters. The molecule has 1 atom stereocenters. The number of para-hydroxylation sites is 1. The van der Waals surface area contributed by atoms with Crippen molar-refractivity contribution in [1.82, 2.24) is 13.9 Å². The van der Waals surface area contributed by atoms with Crippen molar-refractivity contribution in [1.29, 1.82) is 0 Å². The highest BCUT2D eigenvalue weighted by atomic mass is 32.2. The molecule has 1 aliphatic rings.